The van der Waals surface area contributed by atoms with Gasteiger partial charge in [-0.15, -0.1) is 0 Å². The van der Waals surface area contributed by atoms with E-state index in [0.29, 0.717) is 32.4 Å². The van der Waals surface area contributed by atoms with Crippen LogP contribution in [-0.2, 0) is 16.0 Å². The molecular weight excluding hydrogens is 309 g/mol. The third kappa shape index (κ3) is 3.95. The number of halogens is 1. The zero-order valence-corrected chi connectivity index (χ0v) is 14.2. The zero-order chi connectivity index (χ0) is 17.2. The van der Waals surface area contributed by atoms with Crippen LogP contribution in [0.3, 0.4) is 0 Å². The van der Waals surface area contributed by atoms with E-state index in [4.69, 9.17) is 4.74 Å². The number of ether oxygens (including phenoxy) is 1. The van der Waals surface area contributed by atoms with Gasteiger partial charge in [-0.3, -0.25) is 4.79 Å². The van der Waals surface area contributed by atoms with Crippen molar-refractivity contribution < 1.29 is 19.0 Å². The molecule has 1 aromatic rings. The Labute approximate surface area is 142 Å². The van der Waals surface area contributed by atoms with Crippen molar-refractivity contribution in [3.05, 3.63) is 35.6 Å². The molecule has 2 unspecified atom stereocenters. The molecule has 2 atom stereocenters. The SMILES string of the molecule is CC1OCCCC1C(=O)N1CCC(O)(Cc2cccc(F)c2)CC1. The Morgan fingerprint density at radius 2 is 2.17 bits per heavy atom. The van der Waals surface area contributed by atoms with Gasteiger partial charge in [-0.05, 0) is 50.3 Å². The van der Waals surface area contributed by atoms with Crippen molar-refractivity contribution in [2.45, 2.75) is 50.7 Å². The van der Waals surface area contributed by atoms with E-state index in [-0.39, 0.29) is 23.7 Å². The monoisotopic (exact) mass is 335 g/mol. The normalized spacial score (nSPS) is 27.0. The van der Waals surface area contributed by atoms with E-state index in [1.807, 2.05) is 17.9 Å². The molecule has 2 heterocycles. The molecule has 132 valence electrons. The number of rotatable bonds is 3. The fourth-order valence-electron chi connectivity index (χ4n) is 3.83. The molecule has 3 rings (SSSR count). The average molecular weight is 335 g/mol. The van der Waals surface area contributed by atoms with Gasteiger partial charge in [-0.2, -0.15) is 0 Å². The first kappa shape index (κ1) is 17.4. The minimum Gasteiger partial charge on any atom is -0.389 e. The molecule has 2 aliphatic heterocycles. The molecule has 1 aromatic carbocycles. The Morgan fingerprint density at radius 3 is 2.83 bits per heavy atom. The molecule has 5 heteroatoms. The largest absolute Gasteiger partial charge is 0.389 e. The van der Waals surface area contributed by atoms with Crippen molar-refractivity contribution in [1.29, 1.82) is 0 Å². The summed E-state index contributed by atoms with van der Waals surface area (Å²) in [4.78, 5) is 14.5. The van der Waals surface area contributed by atoms with Crippen LogP contribution in [0.5, 0.6) is 0 Å². The first-order chi connectivity index (χ1) is 11.5. The van der Waals surface area contributed by atoms with Gasteiger partial charge in [-0.1, -0.05) is 12.1 Å². The van der Waals surface area contributed by atoms with Crippen LogP contribution in [0.15, 0.2) is 24.3 Å². The second-order valence-electron chi connectivity index (χ2n) is 7.18. The van der Waals surface area contributed by atoms with E-state index in [2.05, 4.69) is 0 Å². The fourth-order valence-corrected chi connectivity index (χ4v) is 3.83. The number of likely N-dealkylation sites (tertiary alicyclic amines) is 1. The van der Waals surface area contributed by atoms with Gasteiger partial charge in [0, 0.05) is 26.1 Å². The lowest BCUT2D eigenvalue weighted by Gasteiger charge is -2.41. The lowest BCUT2D eigenvalue weighted by molar-refractivity contribution is -0.148. The molecule has 0 aliphatic carbocycles. The van der Waals surface area contributed by atoms with Gasteiger partial charge in [-0.25, -0.2) is 4.39 Å². The van der Waals surface area contributed by atoms with E-state index < -0.39 is 5.60 Å². The van der Waals surface area contributed by atoms with Gasteiger partial charge in [0.25, 0.3) is 0 Å². The maximum Gasteiger partial charge on any atom is 0.228 e. The van der Waals surface area contributed by atoms with E-state index in [9.17, 15) is 14.3 Å². The van der Waals surface area contributed by atoms with Gasteiger partial charge in [0.2, 0.25) is 5.91 Å². The summed E-state index contributed by atoms with van der Waals surface area (Å²) in [5.41, 5.74) is -0.0641. The summed E-state index contributed by atoms with van der Waals surface area (Å²) >= 11 is 0. The summed E-state index contributed by atoms with van der Waals surface area (Å²) in [6.07, 6.45) is 3.26. The number of aliphatic hydroxyl groups is 1. The maximum atomic E-state index is 13.3. The topological polar surface area (TPSA) is 49.8 Å². The van der Waals surface area contributed by atoms with Crippen LogP contribution in [0.4, 0.5) is 4.39 Å². The number of carbonyl (C=O) groups excluding carboxylic acids is 1. The maximum absolute atomic E-state index is 13.3. The lowest BCUT2D eigenvalue weighted by atomic mass is 9.84. The lowest BCUT2D eigenvalue weighted by Crippen LogP contribution is -2.51. The van der Waals surface area contributed by atoms with Crippen LogP contribution in [0.1, 0.15) is 38.2 Å². The summed E-state index contributed by atoms with van der Waals surface area (Å²) in [6, 6.07) is 6.37. The minimum absolute atomic E-state index is 0.0284. The van der Waals surface area contributed by atoms with Gasteiger partial charge in [0.15, 0.2) is 0 Å². The standard InChI is InChI=1S/C19H26FNO3/c1-14-17(6-3-11-24-14)18(22)21-9-7-19(23,8-10-21)13-15-4-2-5-16(20)12-15/h2,4-5,12,14,17,23H,3,6-11,13H2,1H3. The van der Waals surface area contributed by atoms with E-state index in [1.54, 1.807) is 6.07 Å². The molecule has 2 aliphatic rings. The highest BCUT2D eigenvalue weighted by Gasteiger charge is 2.38. The average Bonchev–Trinajstić information content (AvgIpc) is 2.55. The number of piperidine rings is 1. The first-order valence-corrected chi connectivity index (χ1v) is 8.84. The van der Waals surface area contributed by atoms with Crippen LogP contribution in [0, 0.1) is 11.7 Å². The van der Waals surface area contributed by atoms with Gasteiger partial charge < -0.3 is 14.7 Å². The van der Waals surface area contributed by atoms with E-state index in [0.717, 1.165) is 25.0 Å². The second-order valence-corrected chi connectivity index (χ2v) is 7.18. The third-order valence-corrected chi connectivity index (χ3v) is 5.35. The molecule has 1 amide bonds. The molecular formula is C19H26FNO3. The van der Waals surface area contributed by atoms with Crippen LogP contribution < -0.4 is 0 Å². The van der Waals surface area contributed by atoms with Crippen molar-refractivity contribution in [3.8, 4) is 0 Å². The molecule has 0 aromatic heterocycles. The zero-order valence-electron chi connectivity index (χ0n) is 14.2. The quantitative estimate of drug-likeness (QED) is 0.923. The molecule has 4 nitrogen and oxygen atoms in total. The van der Waals surface area contributed by atoms with Gasteiger partial charge in [0.1, 0.15) is 5.82 Å². The van der Waals surface area contributed by atoms with Crippen molar-refractivity contribution in [3.63, 3.8) is 0 Å². The smallest absolute Gasteiger partial charge is 0.228 e. The van der Waals surface area contributed by atoms with Crippen molar-refractivity contribution in [2.24, 2.45) is 5.92 Å². The number of amides is 1. The second kappa shape index (κ2) is 7.19. The summed E-state index contributed by atoms with van der Waals surface area (Å²) in [6.45, 7) is 3.80. The van der Waals surface area contributed by atoms with Crippen LogP contribution in [-0.4, -0.2) is 47.3 Å². The third-order valence-electron chi connectivity index (χ3n) is 5.35. The van der Waals surface area contributed by atoms with E-state index >= 15 is 0 Å². The highest BCUT2D eigenvalue weighted by atomic mass is 19.1. The molecule has 1 N–H and O–H groups in total. The predicted molar refractivity (Wildman–Crippen MR) is 89.0 cm³/mol. The van der Waals surface area contributed by atoms with Crippen molar-refractivity contribution in [2.75, 3.05) is 19.7 Å². The fraction of sp³-hybridized carbons (Fsp3) is 0.632. The Kier molecular flexibility index (Phi) is 5.21. The van der Waals surface area contributed by atoms with Crippen LogP contribution >= 0.6 is 0 Å². The Morgan fingerprint density at radius 1 is 1.42 bits per heavy atom. The Bertz CT molecular complexity index is 584. The molecule has 24 heavy (non-hydrogen) atoms. The molecule has 0 radical (unpaired) electrons. The number of hydrogen-bond donors (Lipinski definition) is 1. The number of nitrogens with zero attached hydrogens (tertiary/aromatic N) is 1. The number of hydrogen-bond acceptors (Lipinski definition) is 3. The van der Waals surface area contributed by atoms with Gasteiger partial charge >= 0.3 is 0 Å². The summed E-state index contributed by atoms with van der Waals surface area (Å²) in [7, 11) is 0. The van der Waals surface area contributed by atoms with Crippen LogP contribution in [0.2, 0.25) is 0 Å². The predicted octanol–water partition coefficient (Wildman–Crippen LogP) is 2.54. The minimum atomic E-state index is -0.862. The molecule has 2 saturated heterocycles. The Hall–Kier alpha value is -1.46. The van der Waals surface area contributed by atoms with Crippen molar-refractivity contribution in [1.82, 2.24) is 4.90 Å². The summed E-state index contributed by atoms with van der Waals surface area (Å²) < 4.78 is 18.9. The molecule has 0 spiro atoms. The van der Waals surface area contributed by atoms with Crippen molar-refractivity contribution >= 4 is 5.91 Å². The molecule has 2 fully saturated rings. The highest BCUT2D eigenvalue weighted by molar-refractivity contribution is 5.79. The van der Waals surface area contributed by atoms with Crippen LogP contribution in [0.25, 0.3) is 0 Å². The first-order valence-electron chi connectivity index (χ1n) is 8.84. The number of carbonyl (C=O) groups is 1. The number of benzene rings is 1. The molecule has 0 bridgehead atoms. The summed E-state index contributed by atoms with van der Waals surface area (Å²) in [5.74, 6) is -0.196. The summed E-state index contributed by atoms with van der Waals surface area (Å²) in [5, 5.41) is 10.8. The Balaban J connectivity index is 1.57. The van der Waals surface area contributed by atoms with E-state index in [1.165, 1.54) is 12.1 Å². The molecule has 0 saturated carbocycles. The van der Waals surface area contributed by atoms with Gasteiger partial charge in [0.05, 0.1) is 17.6 Å². The highest BCUT2D eigenvalue weighted by Crippen LogP contribution is 2.29.